The van der Waals surface area contributed by atoms with Crippen molar-refractivity contribution in [2.24, 2.45) is 0 Å². The first-order chi connectivity index (χ1) is 14.4. The SMILES string of the molecule is Cc1cc(=O)n2c(=O)n1CCSSCCn1c(C)cc(=O)n(c1=O)CCCCCC2. The summed E-state index contributed by atoms with van der Waals surface area (Å²) < 4.78 is 5.97. The van der Waals surface area contributed by atoms with Gasteiger partial charge >= 0.3 is 11.4 Å². The van der Waals surface area contributed by atoms with Gasteiger partial charge in [-0.15, -0.1) is 0 Å². The van der Waals surface area contributed by atoms with Crippen LogP contribution in [-0.2, 0) is 26.2 Å². The summed E-state index contributed by atoms with van der Waals surface area (Å²) >= 11 is 0. The summed E-state index contributed by atoms with van der Waals surface area (Å²) in [5.41, 5.74) is 0.385. The average molecular weight is 453 g/mol. The van der Waals surface area contributed by atoms with Crippen molar-refractivity contribution in [3.63, 3.8) is 0 Å². The van der Waals surface area contributed by atoms with Gasteiger partial charge in [0.2, 0.25) is 0 Å². The standard InChI is InChI=1S/C20H28N4O4S2/c1-15-13-17(25)23-7-5-3-4-6-8-24-18(26)14-16(2)22(20(24)28)10-12-30-29-11-9-21(15)19(23)27/h13-14H,3-12H2,1-2H3. The molecule has 164 valence electrons. The molecule has 0 aliphatic carbocycles. The molecule has 30 heavy (non-hydrogen) atoms. The predicted octanol–water partition coefficient (Wildman–Crippen LogP) is 1.61. The molecular weight excluding hydrogens is 424 g/mol. The fraction of sp³-hybridized carbons (Fsp3) is 0.600. The van der Waals surface area contributed by atoms with E-state index < -0.39 is 0 Å². The molecule has 1 aliphatic heterocycles. The third-order valence-corrected chi connectivity index (χ3v) is 7.73. The fourth-order valence-electron chi connectivity index (χ4n) is 3.67. The van der Waals surface area contributed by atoms with Crippen molar-refractivity contribution in [1.29, 1.82) is 0 Å². The van der Waals surface area contributed by atoms with E-state index in [1.165, 1.54) is 21.3 Å². The van der Waals surface area contributed by atoms with Crippen LogP contribution in [0, 0.1) is 13.8 Å². The first kappa shape index (κ1) is 22.7. The van der Waals surface area contributed by atoms with Crippen molar-refractivity contribution in [2.75, 3.05) is 11.5 Å². The zero-order chi connectivity index (χ0) is 21.7. The van der Waals surface area contributed by atoms with E-state index in [2.05, 4.69) is 0 Å². The third kappa shape index (κ3) is 5.21. The van der Waals surface area contributed by atoms with Gasteiger partial charge in [-0.05, 0) is 26.7 Å². The Hall–Kier alpha value is -1.94. The molecule has 2 aromatic rings. The van der Waals surface area contributed by atoms with Crippen molar-refractivity contribution >= 4 is 21.6 Å². The van der Waals surface area contributed by atoms with E-state index in [1.54, 1.807) is 44.6 Å². The summed E-state index contributed by atoms with van der Waals surface area (Å²) in [5.74, 6) is 1.44. The maximum absolute atomic E-state index is 12.8. The van der Waals surface area contributed by atoms with Crippen molar-refractivity contribution in [2.45, 2.75) is 65.7 Å². The molecule has 0 saturated heterocycles. The van der Waals surface area contributed by atoms with E-state index in [0.717, 1.165) is 24.3 Å². The van der Waals surface area contributed by atoms with E-state index in [0.29, 0.717) is 50.4 Å². The fourth-order valence-corrected chi connectivity index (χ4v) is 5.58. The van der Waals surface area contributed by atoms with Gasteiger partial charge in [-0.2, -0.15) is 0 Å². The highest BCUT2D eigenvalue weighted by molar-refractivity contribution is 8.76. The van der Waals surface area contributed by atoms with Crippen molar-refractivity contribution < 1.29 is 0 Å². The van der Waals surface area contributed by atoms with Crippen LogP contribution < -0.4 is 22.5 Å². The lowest BCUT2D eigenvalue weighted by atomic mass is 10.2. The molecule has 0 atom stereocenters. The molecule has 0 saturated carbocycles. The minimum Gasteiger partial charge on any atom is -0.297 e. The minimum atomic E-state index is -0.253. The lowest BCUT2D eigenvalue weighted by Crippen LogP contribution is -2.41. The first-order valence-corrected chi connectivity index (χ1v) is 12.8. The van der Waals surface area contributed by atoms with Crippen LogP contribution in [0.2, 0.25) is 0 Å². The van der Waals surface area contributed by atoms with E-state index in [4.69, 9.17) is 0 Å². The van der Waals surface area contributed by atoms with Crippen LogP contribution in [0.25, 0.3) is 0 Å². The summed E-state index contributed by atoms with van der Waals surface area (Å²) in [4.78, 5) is 50.1. The average Bonchev–Trinajstić information content (AvgIpc) is 2.68. The zero-order valence-electron chi connectivity index (χ0n) is 17.5. The Kier molecular flexibility index (Phi) is 7.87. The molecule has 0 N–H and O–H groups in total. The number of hydrogen-bond donors (Lipinski definition) is 0. The second-order valence-corrected chi connectivity index (χ2v) is 10.2. The molecule has 4 bridgehead atoms. The van der Waals surface area contributed by atoms with Crippen LogP contribution >= 0.6 is 21.6 Å². The Balaban J connectivity index is 1.81. The van der Waals surface area contributed by atoms with Crippen LogP contribution in [-0.4, -0.2) is 29.8 Å². The molecule has 0 radical (unpaired) electrons. The van der Waals surface area contributed by atoms with Gasteiger partial charge in [-0.1, -0.05) is 34.4 Å². The van der Waals surface area contributed by atoms with E-state index in [1.807, 2.05) is 0 Å². The number of fused-ring (bicyclic) bond motifs is 4. The molecule has 0 fully saturated rings. The van der Waals surface area contributed by atoms with Crippen molar-refractivity contribution in [3.05, 3.63) is 65.2 Å². The number of nitrogens with zero attached hydrogens (tertiary/aromatic N) is 4. The number of rotatable bonds is 0. The topological polar surface area (TPSA) is 88.0 Å². The molecule has 8 nitrogen and oxygen atoms in total. The Morgan fingerprint density at radius 1 is 0.600 bits per heavy atom. The van der Waals surface area contributed by atoms with Gasteiger partial charge in [-0.25, -0.2) is 9.59 Å². The van der Waals surface area contributed by atoms with Crippen LogP contribution in [0.4, 0.5) is 0 Å². The van der Waals surface area contributed by atoms with Crippen LogP contribution in [0.5, 0.6) is 0 Å². The van der Waals surface area contributed by atoms with Gasteiger partial charge < -0.3 is 0 Å². The summed E-state index contributed by atoms with van der Waals surface area (Å²) in [6.07, 6.45) is 3.05. The Morgan fingerprint density at radius 2 is 1.00 bits per heavy atom. The van der Waals surface area contributed by atoms with Gasteiger partial charge in [0, 0.05) is 61.2 Å². The quantitative estimate of drug-likeness (QED) is 0.565. The molecule has 3 rings (SSSR count). The van der Waals surface area contributed by atoms with Gasteiger partial charge in [0.05, 0.1) is 0 Å². The maximum Gasteiger partial charge on any atom is 0.331 e. The molecule has 0 unspecified atom stereocenters. The largest absolute Gasteiger partial charge is 0.331 e. The van der Waals surface area contributed by atoms with Crippen LogP contribution in [0.15, 0.2) is 31.3 Å². The molecule has 0 aromatic carbocycles. The summed E-state index contributed by atoms with van der Waals surface area (Å²) in [6.45, 7) is 5.43. The van der Waals surface area contributed by atoms with E-state index in [9.17, 15) is 19.2 Å². The first-order valence-electron chi connectivity index (χ1n) is 10.3. The maximum atomic E-state index is 12.8. The van der Waals surface area contributed by atoms with Crippen LogP contribution in [0.1, 0.15) is 37.1 Å². The monoisotopic (exact) mass is 452 g/mol. The molecule has 10 heteroatoms. The summed E-state index contributed by atoms with van der Waals surface area (Å²) in [5, 5.41) is 0. The van der Waals surface area contributed by atoms with Gasteiger partial charge in [0.1, 0.15) is 0 Å². The molecule has 0 spiro atoms. The van der Waals surface area contributed by atoms with Gasteiger partial charge in [0.25, 0.3) is 11.1 Å². The lowest BCUT2D eigenvalue weighted by molar-refractivity contribution is 0.485. The Bertz CT molecular complexity index is 1040. The summed E-state index contributed by atoms with van der Waals surface area (Å²) in [7, 11) is 3.27. The second-order valence-electron chi connectivity index (χ2n) is 7.48. The van der Waals surface area contributed by atoms with E-state index >= 15 is 0 Å². The Morgan fingerprint density at radius 3 is 1.40 bits per heavy atom. The summed E-state index contributed by atoms with van der Waals surface area (Å²) in [6, 6.07) is 3.07. The van der Waals surface area contributed by atoms with Gasteiger partial charge in [-0.3, -0.25) is 27.9 Å². The predicted molar refractivity (Wildman–Crippen MR) is 123 cm³/mol. The van der Waals surface area contributed by atoms with E-state index in [-0.39, 0.29) is 22.5 Å². The van der Waals surface area contributed by atoms with Crippen LogP contribution in [0.3, 0.4) is 0 Å². The molecule has 0 amide bonds. The lowest BCUT2D eigenvalue weighted by Gasteiger charge is -2.15. The third-order valence-electron chi connectivity index (χ3n) is 5.37. The van der Waals surface area contributed by atoms with Crippen molar-refractivity contribution in [3.8, 4) is 0 Å². The highest BCUT2D eigenvalue weighted by Crippen LogP contribution is 2.21. The number of aromatic nitrogens is 4. The smallest absolute Gasteiger partial charge is 0.297 e. The molecular formula is C20H28N4O4S2. The molecule has 2 aromatic heterocycles. The molecule has 3 heterocycles. The zero-order valence-corrected chi connectivity index (χ0v) is 19.1. The molecule has 1 aliphatic rings. The van der Waals surface area contributed by atoms with Gasteiger partial charge in [0.15, 0.2) is 0 Å². The number of hydrogen-bond acceptors (Lipinski definition) is 6. The minimum absolute atomic E-state index is 0.240. The van der Waals surface area contributed by atoms with Crippen molar-refractivity contribution in [1.82, 2.24) is 18.3 Å². The second kappa shape index (κ2) is 10.4. The Labute approximate surface area is 182 Å². The highest BCUT2D eigenvalue weighted by atomic mass is 33.1. The normalized spacial score (nSPS) is 16.6. The number of aryl methyl sites for hydroxylation is 2. The highest BCUT2D eigenvalue weighted by Gasteiger charge is 2.11.